The third-order valence-electron chi connectivity index (χ3n) is 5.88. The SMILES string of the molecule is CC1CN(c2ccc(CNCc3cn(-c4ccccc4)nc3-c3ccccc3)cn2)CCO1. The highest BCUT2D eigenvalue weighted by atomic mass is 16.5. The standard InChI is InChI=1S/C27H29N5O/c1-21-19-31(14-15-33-21)26-13-12-22(17-29-26)16-28-18-24-20-32(25-10-6-3-7-11-25)30-27(24)23-8-4-2-5-9-23/h2-13,17,20-21,28H,14-16,18-19H2,1H3. The van der Waals surface area contributed by atoms with Crippen molar-refractivity contribution in [3.8, 4) is 16.9 Å². The van der Waals surface area contributed by atoms with E-state index >= 15 is 0 Å². The number of anilines is 1. The maximum atomic E-state index is 5.63. The summed E-state index contributed by atoms with van der Waals surface area (Å²) in [4.78, 5) is 6.97. The molecule has 1 aliphatic rings. The number of hydrogen-bond acceptors (Lipinski definition) is 5. The molecule has 1 saturated heterocycles. The van der Waals surface area contributed by atoms with Gasteiger partial charge in [-0.05, 0) is 30.7 Å². The molecule has 0 saturated carbocycles. The van der Waals surface area contributed by atoms with Gasteiger partial charge >= 0.3 is 0 Å². The fourth-order valence-corrected chi connectivity index (χ4v) is 4.17. The van der Waals surface area contributed by atoms with Crippen LogP contribution in [0.5, 0.6) is 0 Å². The molecule has 168 valence electrons. The average Bonchev–Trinajstić information content (AvgIpc) is 3.30. The molecule has 33 heavy (non-hydrogen) atoms. The second kappa shape index (κ2) is 9.98. The van der Waals surface area contributed by atoms with E-state index in [4.69, 9.17) is 9.84 Å². The first-order chi connectivity index (χ1) is 16.3. The quantitative estimate of drug-likeness (QED) is 0.461. The fraction of sp³-hybridized carbons (Fsp3) is 0.259. The van der Waals surface area contributed by atoms with Crippen LogP contribution in [0.4, 0.5) is 5.82 Å². The molecule has 2 aromatic heterocycles. The Hall–Kier alpha value is -3.48. The molecule has 0 amide bonds. The number of para-hydroxylation sites is 1. The van der Waals surface area contributed by atoms with Gasteiger partial charge in [0.15, 0.2) is 0 Å². The van der Waals surface area contributed by atoms with Gasteiger partial charge in [-0.1, -0.05) is 54.6 Å². The number of ether oxygens (including phenoxy) is 1. The van der Waals surface area contributed by atoms with E-state index < -0.39 is 0 Å². The van der Waals surface area contributed by atoms with Crippen LogP contribution < -0.4 is 10.2 Å². The lowest BCUT2D eigenvalue weighted by Crippen LogP contribution is -2.41. The Morgan fingerprint density at radius 2 is 1.76 bits per heavy atom. The molecule has 5 rings (SSSR count). The van der Waals surface area contributed by atoms with Gasteiger partial charge in [0.25, 0.3) is 0 Å². The highest BCUT2D eigenvalue weighted by Gasteiger charge is 2.17. The van der Waals surface area contributed by atoms with E-state index in [0.717, 1.165) is 66.7 Å². The van der Waals surface area contributed by atoms with Crippen LogP contribution in [0, 0.1) is 0 Å². The third kappa shape index (κ3) is 5.13. The average molecular weight is 440 g/mol. The topological polar surface area (TPSA) is 55.2 Å². The summed E-state index contributed by atoms with van der Waals surface area (Å²) in [6.45, 7) is 6.11. The van der Waals surface area contributed by atoms with Gasteiger partial charge < -0.3 is 15.0 Å². The lowest BCUT2D eigenvalue weighted by molar-refractivity contribution is 0.0529. The third-order valence-corrected chi connectivity index (χ3v) is 5.88. The number of rotatable bonds is 7. The molecule has 1 N–H and O–H groups in total. The van der Waals surface area contributed by atoms with Crippen LogP contribution in [-0.2, 0) is 17.8 Å². The Morgan fingerprint density at radius 3 is 2.48 bits per heavy atom. The Labute approximate surface area is 194 Å². The van der Waals surface area contributed by atoms with Crippen LogP contribution in [0.25, 0.3) is 16.9 Å². The highest BCUT2D eigenvalue weighted by molar-refractivity contribution is 5.63. The lowest BCUT2D eigenvalue weighted by Gasteiger charge is -2.32. The van der Waals surface area contributed by atoms with Crippen molar-refractivity contribution in [1.29, 1.82) is 0 Å². The molecular weight excluding hydrogens is 410 g/mol. The summed E-state index contributed by atoms with van der Waals surface area (Å²) in [6.07, 6.45) is 4.33. The molecule has 1 atom stereocenters. The van der Waals surface area contributed by atoms with Gasteiger partial charge in [0.2, 0.25) is 0 Å². The first-order valence-electron chi connectivity index (χ1n) is 11.5. The Bertz CT molecular complexity index is 1160. The summed E-state index contributed by atoms with van der Waals surface area (Å²) < 4.78 is 7.59. The molecule has 1 aliphatic heterocycles. The molecule has 1 unspecified atom stereocenters. The Kier molecular flexibility index (Phi) is 6.46. The second-order valence-corrected chi connectivity index (χ2v) is 8.40. The summed E-state index contributed by atoms with van der Waals surface area (Å²) in [7, 11) is 0. The highest BCUT2D eigenvalue weighted by Crippen LogP contribution is 2.24. The Morgan fingerprint density at radius 1 is 0.970 bits per heavy atom. The minimum atomic E-state index is 0.248. The van der Waals surface area contributed by atoms with E-state index in [9.17, 15) is 0 Å². The molecule has 4 aromatic rings. The molecule has 1 fully saturated rings. The first-order valence-corrected chi connectivity index (χ1v) is 11.5. The summed E-state index contributed by atoms with van der Waals surface area (Å²) >= 11 is 0. The molecule has 0 bridgehead atoms. The van der Waals surface area contributed by atoms with Crippen LogP contribution in [0.3, 0.4) is 0 Å². The maximum Gasteiger partial charge on any atom is 0.128 e. The van der Waals surface area contributed by atoms with Crippen molar-refractivity contribution in [2.75, 3.05) is 24.6 Å². The summed E-state index contributed by atoms with van der Waals surface area (Å²) in [6, 6.07) is 24.8. The predicted octanol–water partition coefficient (Wildman–Crippen LogP) is 4.45. The van der Waals surface area contributed by atoms with E-state index in [-0.39, 0.29) is 6.10 Å². The van der Waals surface area contributed by atoms with Crippen LogP contribution in [-0.4, -0.2) is 40.6 Å². The van der Waals surface area contributed by atoms with Gasteiger partial charge in [0, 0.05) is 49.7 Å². The monoisotopic (exact) mass is 439 g/mol. The van der Waals surface area contributed by atoms with Gasteiger partial charge in [-0.15, -0.1) is 0 Å². The molecule has 6 heteroatoms. The number of hydrogen-bond donors (Lipinski definition) is 1. The number of pyridine rings is 1. The molecule has 2 aromatic carbocycles. The van der Waals surface area contributed by atoms with Crippen LogP contribution in [0.2, 0.25) is 0 Å². The second-order valence-electron chi connectivity index (χ2n) is 8.40. The summed E-state index contributed by atoms with van der Waals surface area (Å²) in [5.41, 5.74) is 5.50. The lowest BCUT2D eigenvalue weighted by atomic mass is 10.1. The number of morpholine rings is 1. The van der Waals surface area contributed by atoms with E-state index in [2.05, 4.69) is 76.9 Å². The van der Waals surface area contributed by atoms with Crippen molar-refractivity contribution >= 4 is 5.82 Å². The number of nitrogens with one attached hydrogen (secondary N) is 1. The fourth-order valence-electron chi connectivity index (χ4n) is 4.17. The smallest absolute Gasteiger partial charge is 0.128 e. The molecule has 3 heterocycles. The van der Waals surface area contributed by atoms with E-state index in [1.54, 1.807) is 0 Å². The van der Waals surface area contributed by atoms with Crippen molar-refractivity contribution in [2.45, 2.75) is 26.1 Å². The zero-order chi connectivity index (χ0) is 22.5. The largest absolute Gasteiger partial charge is 0.375 e. The van der Waals surface area contributed by atoms with Gasteiger partial charge in [0.1, 0.15) is 5.82 Å². The van der Waals surface area contributed by atoms with Gasteiger partial charge in [-0.2, -0.15) is 5.10 Å². The molecule has 0 spiro atoms. The molecule has 0 aliphatic carbocycles. The van der Waals surface area contributed by atoms with E-state index in [1.165, 1.54) is 0 Å². The Balaban J connectivity index is 1.28. The zero-order valence-electron chi connectivity index (χ0n) is 18.9. The van der Waals surface area contributed by atoms with Crippen molar-refractivity contribution in [1.82, 2.24) is 20.1 Å². The van der Waals surface area contributed by atoms with Crippen molar-refractivity contribution in [2.24, 2.45) is 0 Å². The summed E-state index contributed by atoms with van der Waals surface area (Å²) in [5.74, 6) is 1.02. The molecular formula is C27H29N5O. The van der Waals surface area contributed by atoms with E-state index in [1.807, 2.05) is 35.1 Å². The first kappa shape index (κ1) is 21.4. The maximum absolute atomic E-state index is 5.63. The van der Waals surface area contributed by atoms with Crippen LogP contribution >= 0.6 is 0 Å². The van der Waals surface area contributed by atoms with Crippen molar-refractivity contribution in [3.63, 3.8) is 0 Å². The number of nitrogens with zero attached hydrogens (tertiary/aromatic N) is 4. The van der Waals surface area contributed by atoms with E-state index in [0.29, 0.717) is 0 Å². The van der Waals surface area contributed by atoms with Crippen LogP contribution in [0.1, 0.15) is 18.1 Å². The molecule has 0 radical (unpaired) electrons. The van der Waals surface area contributed by atoms with Gasteiger partial charge in [-0.3, -0.25) is 0 Å². The summed E-state index contributed by atoms with van der Waals surface area (Å²) in [5, 5.41) is 8.47. The normalized spacial score (nSPS) is 16.2. The minimum Gasteiger partial charge on any atom is -0.375 e. The van der Waals surface area contributed by atoms with Gasteiger partial charge in [-0.25, -0.2) is 9.67 Å². The number of aromatic nitrogens is 3. The predicted molar refractivity (Wildman–Crippen MR) is 131 cm³/mol. The van der Waals surface area contributed by atoms with Gasteiger partial charge in [0.05, 0.1) is 24.1 Å². The molecule has 6 nitrogen and oxygen atoms in total. The van der Waals surface area contributed by atoms with Crippen LogP contribution in [0.15, 0.2) is 85.2 Å². The zero-order valence-corrected chi connectivity index (χ0v) is 18.9. The van der Waals surface area contributed by atoms with Crippen molar-refractivity contribution < 1.29 is 4.74 Å². The number of benzene rings is 2. The van der Waals surface area contributed by atoms with Crippen molar-refractivity contribution in [3.05, 3.63) is 96.3 Å². The minimum absolute atomic E-state index is 0.248.